The number of carbonyl (C=O) groups is 2. The highest BCUT2D eigenvalue weighted by atomic mass is 32.2. The minimum atomic E-state index is -4.59. The molecule has 1 N–H and O–H groups in total. The second-order valence-electron chi connectivity index (χ2n) is 8.46. The molecule has 0 aromatic heterocycles. The number of hydrogen-bond donors (Lipinski definition) is 1. The van der Waals surface area contributed by atoms with Crippen LogP contribution in [0.3, 0.4) is 0 Å². The van der Waals surface area contributed by atoms with E-state index in [9.17, 15) is 22.8 Å². The van der Waals surface area contributed by atoms with Crippen molar-refractivity contribution in [3.63, 3.8) is 0 Å². The van der Waals surface area contributed by atoms with Gasteiger partial charge in [0, 0.05) is 18.7 Å². The van der Waals surface area contributed by atoms with E-state index in [0.717, 1.165) is 22.8 Å². The van der Waals surface area contributed by atoms with E-state index < -0.39 is 23.8 Å². The van der Waals surface area contributed by atoms with Crippen molar-refractivity contribution in [1.82, 2.24) is 10.2 Å². The molecule has 4 rings (SSSR count). The third-order valence-electron chi connectivity index (χ3n) is 6.08. The molecule has 7 nitrogen and oxygen atoms in total. The Hall–Kier alpha value is -3.96. The molecule has 0 saturated carbocycles. The van der Waals surface area contributed by atoms with Crippen LogP contribution in [-0.4, -0.2) is 41.4 Å². The largest absolute Gasteiger partial charge is 0.416 e. The first-order valence-electron chi connectivity index (χ1n) is 11.5. The molecule has 0 radical (unpaired) electrons. The van der Waals surface area contributed by atoms with E-state index in [-0.39, 0.29) is 18.1 Å². The third kappa shape index (κ3) is 5.57. The van der Waals surface area contributed by atoms with Gasteiger partial charge in [0.1, 0.15) is 0 Å². The molecule has 0 aliphatic carbocycles. The van der Waals surface area contributed by atoms with Crippen molar-refractivity contribution in [2.45, 2.75) is 25.1 Å². The molecular formula is C26H22F3N5O2S. The molecule has 3 amide bonds. The van der Waals surface area contributed by atoms with Crippen LogP contribution in [0.25, 0.3) is 0 Å². The predicted octanol–water partition coefficient (Wildman–Crippen LogP) is 4.98. The summed E-state index contributed by atoms with van der Waals surface area (Å²) < 4.78 is 40.2. The highest BCUT2D eigenvalue weighted by Crippen LogP contribution is 2.40. The number of thioether (sulfide) groups is 1. The number of alkyl halides is 3. The molecule has 11 heteroatoms. The van der Waals surface area contributed by atoms with Crippen LogP contribution in [0.2, 0.25) is 0 Å². The Balaban J connectivity index is 1.67. The van der Waals surface area contributed by atoms with E-state index in [1.807, 2.05) is 6.07 Å². The van der Waals surface area contributed by atoms with E-state index in [1.165, 1.54) is 12.1 Å². The fourth-order valence-electron chi connectivity index (χ4n) is 4.35. The molecular weight excluding hydrogens is 503 g/mol. The van der Waals surface area contributed by atoms with Gasteiger partial charge in [0.15, 0.2) is 0 Å². The number of hydrogen-bond acceptors (Lipinski definition) is 5. The zero-order valence-electron chi connectivity index (χ0n) is 19.6. The van der Waals surface area contributed by atoms with E-state index in [1.54, 1.807) is 40.9 Å². The molecule has 2 aromatic rings. The highest BCUT2D eigenvalue weighted by molar-refractivity contribution is 7.99. The minimum Gasteiger partial charge on any atom is -0.333 e. The molecule has 190 valence electrons. The molecule has 2 aromatic carbocycles. The van der Waals surface area contributed by atoms with Gasteiger partial charge in [0.25, 0.3) is 5.91 Å². The molecule has 0 spiro atoms. The van der Waals surface area contributed by atoms with Crippen LogP contribution in [0.4, 0.5) is 23.7 Å². The first-order valence-corrected chi connectivity index (χ1v) is 12.6. The summed E-state index contributed by atoms with van der Waals surface area (Å²) in [5, 5.41) is 20.5. The third-order valence-corrected chi connectivity index (χ3v) is 7.15. The predicted molar refractivity (Wildman–Crippen MR) is 132 cm³/mol. The lowest BCUT2D eigenvalue weighted by Gasteiger charge is -2.33. The topological polar surface area (TPSA) is 100 Å². The van der Waals surface area contributed by atoms with Crippen LogP contribution in [-0.2, 0) is 11.0 Å². The second kappa shape index (κ2) is 11.0. The maximum Gasteiger partial charge on any atom is 0.416 e. The number of rotatable bonds is 8. The molecule has 1 atom stereocenters. The van der Waals surface area contributed by atoms with Crippen molar-refractivity contribution in [1.29, 1.82) is 10.5 Å². The number of nitrogens with zero attached hydrogens (tertiary/aromatic N) is 4. The lowest BCUT2D eigenvalue weighted by atomic mass is 9.94. The van der Waals surface area contributed by atoms with Gasteiger partial charge in [-0.25, -0.2) is 4.79 Å². The number of benzene rings is 2. The van der Waals surface area contributed by atoms with Gasteiger partial charge in [-0.05, 0) is 48.1 Å². The molecule has 2 aliphatic rings. The minimum absolute atomic E-state index is 0.0137. The van der Waals surface area contributed by atoms with Crippen LogP contribution >= 0.6 is 11.8 Å². The van der Waals surface area contributed by atoms with E-state index >= 15 is 0 Å². The average Bonchev–Trinajstić information content (AvgIpc) is 3.21. The number of nitriles is 2. The maximum atomic E-state index is 13.5. The highest BCUT2D eigenvalue weighted by Gasteiger charge is 2.44. The smallest absolute Gasteiger partial charge is 0.333 e. The maximum absolute atomic E-state index is 13.5. The van der Waals surface area contributed by atoms with Gasteiger partial charge in [0.2, 0.25) is 0 Å². The normalized spacial score (nSPS) is 17.4. The molecule has 0 bridgehead atoms. The number of urea groups is 1. The van der Waals surface area contributed by atoms with Gasteiger partial charge in [-0.15, -0.1) is 0 Å². The van der Waals surface area contributed by atoms with Crippen LogP contribution < -0.4 is 10.2 Å². The van der Waals surface area contributed by atoms with Crippen LogP contribution in [0.15, 0.2) is 59.8 Å². The summed E-state index contributed by atoms with van der Waals surface area (Å²) in [4.78, 5) is 29.5. The van der Waals surface area contributed by atoms with Gasteiger partial charge < -0.3 is 10.2 Å². The fourth-order valence-corrected chi connectivity index (χ4v) is 5.12. The number of amides is 3. The van der Waals surface area contributed by atoms with Crippen molar-refractivity contribution in [3.05, 3.63) is 76.5 Å². The van der Waals surface area contributed by atoms with E-state index in [4.69, 9.17) is 10.5 Å². The molecule has 1 unspecified atom stereocenters. The average molecular weight is 526 g/mol. The number of nitrogens with one attached hydrogen (secondary N) is 1. The Morgan fingerprint density at radius 3 is 2.51 bits per heavy atom. The molecule has 2 aliphatic heterocycles. The first-order chi connectivity index (χ1) is 17.7. The standard InChI is InChI=1S/C26H22F3N5O2S/c27-26(28,29)19-4-1-5-20(14-19)34-21-16-33(11-3-13-37-12-2-10-30)24(35)22(21)23(32-25(34)36)18-8-6-17(15-31)7-9-18/h1,4-9,14,23H,2-3,11-13,16H2,(H,32,36). The number of carbonyl (C=O) groups excluding carboxylic acids is 2. The van der Waals surface area contributed by atoms with Crippen molar-refractivity contribution in [3.8, 4) is 12.1 Å². The molecule has 0 saturated heterocycles. The Labute approximate surface area is 216 Å². The summed E-state index contributed by atoms with van der Waals surface area (Å²) in [5.41, 5.74) is 0.743. The Morgan fingerprint density at radius 2 is 1.84 bits per heavy atom. The van der Waals surface area contributed by atoms with Gasteiger partial charge >= 0.3 is 12.2 Å². The summed E-state index contributed by atoms with van der Waals surface area (Å²) in [6, 6.07) is 13.6. The van der Waals surface area contributed by atoms with Crippen molar-refractivity contribution in [2.75, 3.05) is 29.5 Å². The zero-order chi connectivity index (χ0) is 26.6. The number of anilines is 1. The van der Waals surface area contributed by atoms with Crippen LogP contribution in [0.5, 0.6) is 0 Å². The Morgan fingerprint density at radius 1 is 1.08 bits per heavy atom. The van der Waals surface area contributed by atoms with E-state index in [2.05, 4.69) is 11.4 Å². The Bertz CT molecular complexity index is 1310. The van der Waals surface area contributed by atoms with Gasteiger partial charge in [-0.1, -0.05) is 18.2 Å². The SMILES string of the molecule is N#CCCSCCCN1CC2=C(C1=O)C(c1ccc(C#N)cc1)NC(=O)N2c1cccc(C(F)(F)F)c1. The molecule has 37 heavy (non-hydrogen) atoms. The lowest BCUT2D eigenvalue weighted by molar-refractivity contribution is -0.137. The van der Waals surface area contributed by atoms with Crippen molar-refractivity contribution in [2.24, 2.45) is 0 Å². The zero-order valence-corrected chi connectivity index (χ0v) is 20.4. The van der Waals surface area contributed by atoms with Crippen molar-refractivity contribution >= 4 is 29.4 Å². The summed E-state index contributed by atoms with van der Waals surface area (Å²) in [7, 11) is 0. The number of halogens is 3. The van der Waals surface area contributed by atoms with Gasteiger partial charge in [-0.3, -0.25) is 9.69 Å². The monoisotopic (exact) mass is 525 g/mol. The van der Waals surface area contributed by atoms with Crippen molar-refractivity contribution < 1.29 is 22.8 Å². The summed E-state index contributed by atoms with van der Waals surface area (Å²) >= 11 is 1.61. The first kappa shape index (κ1) is 26.1. The summed E-state index contributed by atoms with van der Waals surface area (Å²) in [6.07, 6.45) is -3.49. The fraction of sp³-hybridized carbons (Fsp3) is 0.308. The Kier molecular flexibility index (Phi) is 7.74. The quantitative estimate of drug-likeness (QED) is 0.490. The van der Waals surface area contributed by atoms with Crippen LogP contribution in [0, 0.1) is 22.7 Å². The molecule has 0 fully saturated rings. The van der Waals surface area contributed by atoms with Gasteiger partial charge in [-0.2, -0.15) is 35.5 Å². The molecule has 2 heterocycles. The van der Waals surface area contributed by atoms with E-state index in [0.29, 0.717) is 47.5 Å². The summed E-state index contributed by atoms with van der Waals surface area (Å²) in [5.74, 6) is 1.13. The second-order valence-corrected chi connectivity index (χ2v) is 9.69. The van der Waals surface area contributed by atoms with Crippen LogP contribution in [0.1, 0.15) is 35.6 Å². The van der Waals surface area contributed by atoms with Gasteiger partial charge in [0.05, 0.1) is 52.8 Å². The lowest BCUT2D eigenvalue weighted by Crippen LogP contribution is -2.47. The summed E-state index contributed by atoms with van der Waals surface area (Å²) in [6.45, 7) is 0.476.